The molecule has 1 nitrogen and oxygen atoms in total. The van der Waals surface area contributed by atoms with Gasteiger partial charge in [0.25, 0.3) is 0 Å². The van der Waals surface area contributed by atoms with Crippen molar-refractivity contribution in [2.24, 2.45) is 0 Å². The first-order valence-corrected chi connectivity index (χ1v) is 5.30. The lowest BCUT2D eigenvalue weighted by atomic mass is 10.1. The fourth-order valence-electron chi connectivity index (χ4n) is 1.57. The molecule has 2 rings (SSSR count). The molecule has 1 fully saturated rings. The van der Waals surface area contributed by atoms with Crippen LogP contribution in [-0.4, -0.2) is 22.0 Å². The first-order valence-electron chi connectivity index (χ1n) is 3.91. The van der Waals surface area contributed by atoms with Gasteiger partial charge >= 0.3 is 0 Å². The van der Waals surface area contributed by atoms with Crippen LogP contribution in [0.4, 0.5) is 0 Å². The van der Waals surface area contributed by atoms with Crippen molar-refractivity contribution in [1.82, 2.24) is 5.32 Å². The van der Waals surface area contributed by atoms with Crippen molar-refractivity contribution >= 4 is 29.0 Å². The summed E-state index contributed by atoms with van der Waals surface area (Å²) in [5, 5.41) is 3.29. The van der Waals surface area contributed by atoms with Gasteiger partial charge in [0.15, 0.2) is 0 Å². The average Bonchev–Trinajstić information content (AvgIpc) is 2.46. The summed E-state index contributed by atoms with van der Waals surface area (Å²) >= 11 is 7.32. The summed E-state index contributed by atoms with van der Waals surface area (Å²) in [5.74, 6) is 1.20. The molecule has 0 radical (unpaired) electrons. The van der Waals surface area contributed by atoms with Crippen LogP contribution in [0.15, 0.2) is 12.2 Å². The lowest BCUT2D eigenvalue weighted by molar-refractivity contribution is 0.766. The quantitative estimate of drug-likeness (QED) is 0.456. The van der Waals surface area contributed by atoms with E-state index in [0.29, 0.717) is 0 Å². The summed E-state index contributed by atoms with van der Waals surface area (Å²) in [6.45, 7) is 1.05. The molecule has 11 heavy (non-hydrogen) atoms. The Labute approximate surface area is 76.6 Å². The smallest absolute Gasteiger partial charge is 0.0923 e. The lowest BCUT2D eigenvalue weighted by Gasteiger charge is -2.34. The molecule has 0 bridgehead atoms. The van der Waals surface area contributed by atoms with Crippen LogP contribution < -0.4 is 5.32 Å². The fourth-order valence-corrected chi connectivity index (χ4v) is 3.24. The van der Waals surface area contributed by atoms with Gasteiger partial charge in [-0.2, -0.15) is 0 Å². The zero-order valence-electron chi connectivity index (χ0n) is 6.30. The van der Waals surface area contributed by atoms with Crippen LogP contribution in [0.5, 0.6) is 0 Å². The van der Waals surface area contributed by atoms with Crippen molar-refractivity contribution in [3.05, 3.63) is 12.2 Å². The fraction of sp³-hybridized carbons (Fsp3) is 0.625. The number of nitrogens with one attached hydrogen (secondary N) is 1. The van der Waals surface area contributed by atoms with Crippen molar-refractivity contribution in [2.75, 3.05) is 12.3 Å². The Morgan fingerprint density at radius 2 is 2.18 bits per heavy atom. The van der Waals surface area contributed by atoms with Gasteiger partial charge in [-0.15, -0.1) is 11.8 Å². The number of thiocarbonyl (C=S) groups is 1. The van der Waals surface area contributed by atoms with Crippen molar-refractivity contribution in [2.45, 2.75) is 17.6 Å². The molecule has 0 aromatic heterocycles. The van der Waals surface area contributed by atoms with Crippen LogP contribution in [0.1, 0.15) is 12.8 Å². The summed E-state index contributed by atoms with van der Waals surface area (Å²) < 4.78 is 0.258. The Morgan fingerprint density at radius 1 is 1.45 bits per heavy atom. The first-order chi connectivity index (χ1) is 5.33. The zero-order valence-corrected chi connectivity index (χ0v) is 7.93. The van der Waals surface area contributed by atoms with Crippen molar-refractivity contribution in [1.29, 1.82) is 0 Å². The van der Waals surface area contributed by atoms with Gasteiger partial charge in [0.05, 0.1) is 9.74 Å². The molecule has 2 aliphatic rings. The first kappa shape index (κ1) is 7.62. The maximum absolute atomic E-state index is 5.31. The Kier molecular flexibility index (Phi) is 1.93. The maximum atomic E-state index is 5.31. The van der Waals surface area contributed by atoms with E-state index in [1.54, 1.807) is 0 Å². The number of hydrogen-bond donors (Lipinski definition) is 1. The minimum Gasteiger partial charge on any atom is -0.378 e. The SMILES string of the molecule is S=C1NCCSC12CC=CC2. The van der Waals surface area contributed by atoms with Crippen LogP contribution in [0.25, 0.3) is 0 Å². The van der Waals surface area contributed by atoms with Crippen LogP contribution in [0, 0.1) is 0 Å². The molecular formula is C8H11NS2. The molecule has 60 valence electrons. The Bertz CT molecular complexity index is 202. The van der Waals surface area contributed by atoms with E-state index >= 15 is 0 Å². The van der Waals surface area contributed by atoms with Gasteiger partial charge < -0.3 is 5.32 Å². The van der Waals surface area contributed by atoms with E-state index in [4.69, 9.17) is 12.2 Å². The Balaban J connectivity index is 2.15. The highest BCUT2D eigenvalue weighted by atomic mass is 32.2. The highest BCUT2D eigenvalue weighted by Gasteiger charge is 2.37. The van der Waals surface area contributed by atoms with Crippen LogP contribution in [0.3, 0.4) is 0 Å². The molecule has 0 amide bonds. The maximum Gasteiger partial charge on any atom is 0.0923 e. The van der Waals surface area contributed by atoms with E-state index < -0.39 is 0 Å². The molecule has 1 spiro atoms. The van der Waals surface area contributed by atoms with E-state index in [9.17, 15) is 0 Å². The van der Waals surface area contributed by atoms with Crippen molar-refractivity contribution in [3.63, 3.8) is 0 Å². The standard InChI is InChI=1S/C8H11NS2/c10-7-8(3-1-2-4-8)11-6-5-9-7/h1-2H,3-6H2,(H,9,10). The third kappa shape index (κ3) is 1.20. The normalized spacial score (nSPS) is 27.5. The number of allylic oxidation sites excluding steroid dienone is 2. The molecule has 1 heterocycles. The molecule has 0 aromatic carbocycles. The van der Waals surface area contributed by atoms with Crippen LogP contribution in [-0.2, 0) is 0 Å². The third-order valence-electron chi connectivity index (χ3n) is 2.24. The largest absolute Gasteiger partial charge is 0.378 e. The average molecular weight is 185 g/mol. The van der Waals surface area contributed by atoms with Gasteiger partial charge in [-0.05, 0) is 12.8 Å². The predicted molar refractivity (Wildman–Crippen MR) is 54.2 cm³/mol. The molecule has 0 unspecified atom stereocenters. The Hall–Kier alpha value is -0.0200. The summed E-state index contributed by atoms with van der Waals surface area (Å²) in [6, 6.07) is 0. The topological polar surface area (TPSA) is 12.0 Å². The van der Waals surface area contributed by atoms with Crippen LogP contribution in [0.2, 0.25) is 0 Å². The molecule has 1 saturated heterocycles. The second-order valence-corrected chi connectivity index (χ2v) is 4.86. The van der Waals surface area contributed by atoms with E-state index in [1.165, 1.54) is 5.75 Å². The van der Waals surface area contributed by atoms with Gasteiger partial charge in [-0.25, -0.2) is 0 Å². The minimum absolute atomic E-state index is 0.258. The molecule has 0 atom stereocenters. The predicted octanol–water partition coefficient (Wildman–Crippen LogP) is 1.74. The van der Waals surface area contributed by atoms with E-state index in [1.807, 2.05) is 11.8 Å². The zero-order chi connectivity index (χ0) is 7.73. The number of rotatable bonds is 0. The third-order valence-corrected chi connectivity index (χ3v) is 4.40. The summed E-state index contributed by atoms with van der Waals surface area (Å²) in [6.07, 6.45) is 6.74. The van der Waals surface area contributed by atoms with Gasteiger partial charge in [0, 0.05) is 12.3 Å². The second-order valence-electron chi connectivity index (χ2n) is 2.98. The molecule has 1 aliphatic heterocycles. The second kappa shape index (κ2) is 2.79. The van der Waals surface area contributed by atoms with Crippen molar-refractivity contribution < 1.29 is 0 Å². The molecule has 3 heteroatoms. The molecule has 0 aromatic rings. The molecule has 1 aliphatic carbocycles. The highest BCUT2D eigenvalue weighted by molar-refractivity contribution is 8.02. The molecular weight excluding hydrogens is 174 g/mol. The lowest BCUT2D eigenvalue weighted by Crippen LogP contribution is -2.46. The van der Waals surface area contributed by atoms with E-state index in [0.717, 1.165) is 24.4 Å². The monoisotopic (exact) mass is 185 g/mol. The Morgan fingerprint density at radius 3 is 2.82 bits per heavy atom. The van der Waals surface area contributed by atoms with E-state index in [-0.39, 0.29) is 4.75 Å². The van der Waals surface area contributed by atoms with Gasteiger partial charge in [0.1, 0.15) is 0 Å². The van der Waals surface area contributed by atoms with Crippen molar-refractivity contribution in [3.8, 4) is 0 Å². The summed E-state index contributed by atoms with van der Waals surface area (Å²) in [7, 11) is 0. The number of thioether (sulfide) groups is 1. The van der Waals surface area contributed by atoms with Gasteiger partial charge in [-0.3, -0.25) is 0 Å². The highest BCUT2D eigenvalue weighted by Crippen LogP contribution is 2.39. The minimum atomic E-state index is 0.258. The summed E-state index contributed by atoms with van der Waals surface area (Å²) in [4.78, 5) is 1.07. The summed E-state index contributed by atoms with van der Waals surface area (Å²) in [5.41, 5.74) is 0. The van der Waals surface area contributed by atoms with Gasteiger partial charge in [-0.1, -0.05) is 24.4 Å². The molecule has 0 saturated carbocycles. The molecule has 1 N–H and O–H groups in total. The van der Waals surface area contributed by atoms with Gasteiger partial charge in [0.2, 0.25) is 0 Å². The van der Waals surface area contributed by atoms with E-state index in [2.05, 4.69) is 17.5 Å². The van der Waals surface area contributed by atoms with Crippen LogP contribution >= 0.6 is 24.0 Å². The number of hydrogen-bond acceptors (Lipinski definition) is 2.